The Kier molecular flexibility index (Phi) is 7.70. The topological polar surface area (TPSA) is 33.6 Å². The third kappa shape index (κ3) is 5.34. The van der Waals surface area contributed by atoms with Crippen LogP contribution in [-0.2, 0) is 26.0 Å². The molecule has 182 valence electrons. The van der Waals surface area contributed by atoms with Crippen molar-refractivity contribution in [3.05, 3.63) is 71.8 Å². The molecule has 2 aromatic carbocycles. The molecule has 3 nitrogen and oxygen atoms in total. The van der Waals surface area contributed by atoms with Crippen molar-refractivity contribution >= 4 is 18.4 Å². The average molecular weight is 513 g/mol. The van der Waals surface area contributed by atoms with Crippen molar-refractivity contribution in [1.82, 2.24) is 5.43 Å². The number of nitrogens with one attached hydrogen (secondary N) is 1. The maximum absolute atomic E-state index is 6.88. The molecule has 5 heteroatoms. The van der Waals surface area contributed by atoms with Crippen LogP contribution in [-0.4, -0.2) is 30.1 Å². The van der Waals surface area contributed by atoms with E-state index in [0.717, 1.165) is 16.7 Å². The van der Waals surface area contributed by atoms with E-state index in [4.69, 9.17) is 9.84 Å². The third-order valence-corrected chi connectivity index (χ3v) is 10.8. The van der Waals surface area contributed by atoms with E-state index in [-0.39, 0.29) is 17.4 Å². The van der Waals surface area contributed by atoms with Gasteiger partial charge in [0, 0.05) is 0 Å². The molecular formula is C29H40CrN2OSi. The molecule has 0 bridgehead atoms. The molecule has 1 saturated carbocycles. The number of hydrogen-bond donors (Lipinski definition) is 1. The van der Waals surface area contributed by atoms with Crippen molar-refractivity contribution in [2.24, 2.45) is 16.9 Å². The van der Waals surface area contributed by atoms with E-state index >= 15 is 0 Å². The van der Waals surface area contributed by atoms with Gasteiger partial charge in [-0.1, -0.05) is 0 Å². The van der Waals surface area contributed by atoms with Crippen LogP contribution in [0.3, 0.4) is 0 Å². The molecule has 1 aliphatic heterocycles. The van der Waals surface area contributed by atoms with Crippen molar-refractivity contribution < 1.29 is 20.6 Å². The predicted molar refractivity (Wildman–Crippen MR) is 143 cm³/mol. The van der Waals surface area contributed by atoms with E-state index in [1.54, 1.807) is 0 Å². The summed E-state index contributed by atoms with van der Waals surface area (Å²) in [7, 11) is -1.52. The number of hydrogen-bond acceptors (Lipinski definition) is 3. The Hall–Kier alpha value is -1.51. The van der Waals surface area contributed by atoms with Crippen LogP contribution in [0.15, 0.2) is 65.8 Å². The van der Waals surface area contributed by atoms with Crippen molar-refractivity contribution in [3.63, 3.8) is 0 Å². The number of hydrazone groups is 1. The first-order chi connectivity index (χ1) is 16.1. The molecule has 2 aliphatic rings. The molecule has 1 N–H and O–H groups in total. The summed E-state index contributed by atoms with van der Waals surface area (Å²) in [5.41, 5.74) is 7.65. The monoisotopic (exact) mass is 512 g/mol. The minimum atomic E-state index is -1.52. The van der Waals surface area contributed by atoms with Gasteiger partial charge >= 0.3 is 216 Å². The van der Waals surface area contributed by atoms with Crippen LogP contribution in [0.4, 0.5) is 0 Å². The third-order valence-electron chi connectivity index (χ3n) is 8.01. The maximum atomic E-state index is 6.88. The number of ether oxygens (including phenoxy) is 1. The van der Waals surface area contributed by atoms with Gasteiger partial charge in [0.1, 0.15) is 0 Å². The van der Waals surface area contributed by atoms with Crippen LogP contribution >= 0.6 is 0 Å². The molecule has 0 spiro atoms. The molecule has 34 heavy (non-hydrogen) atoms. The van der Waals surface area contributed by atoms with E-state index in [2.05, 4.69) is 122 Å². The standard InChI is InChI=1S/C29H40N2OSi.Cr/c1-21-17-18-24(29(2,3)23-15-11-8-12-16-23)26(19-21)32-20-25-27(22-13-9-7-10-14-22)28(31-30-25)33(4,5)6;/h7-16,21,24,26-28,31H,17-19H2,1-6H3;/t21-,24-,26-,27-,28+;/m1./s1. The summed E-state index contributed by atoms with van der Waals surface area (Å²) in [6.45, 7) is 14.4. The van der Waals surface area contributed by atoms with E-state index in [1.807, 2.05) is 0 Å². The Labute approximate surface area is 215 Å². The summed E-state index contributed by atoms with van der Waals surface area (Å²) in [5, 5.41) is 4.88. The zero-order chi connectivity index (χ0) is 24.5. The summed E-state index contributed by atoms with van der Waals surface area (Å²) >= 11 is 3.30. The van der Waals surface area contributed by atoms with Crippen LogP contribution in [0.25, 0.3) is 0 Å². The first-order valence-electron chi connectivity index (χ1n) is 12.7. The Morgan fingerprint density at radius 2 is 1.62 bits per heavy atom. The van der Waals surface area contributed by atoms with Gasteiger partial charge in [-0.3, -0.25) is 0 Å². The fourth-order valence-electron chi connectivity index (χ4n) is 5.88. The summed E-state index contributed by atoms with van der Waals surface area (Å²) in [6.07, 6.45) is 3.70. The molecule has 0 saturated heterocycles. The van der Waals surface area contributed by atoms with E-state index in [1.165, 1.54) is 24.0 Å². The fourth-order valence-corrected chi connectivity index (χ4v) is 8.15. The summed E-state index contributed by atoms with van der Waals surface area (Å²) in [5.74, 6) is 1.34. The van der Waals surface area contributed by atoms with Crippen LogP contribution in [0.2, 0.25) is 19.6 Å². The fraction of sp³-hybridized carbons (Fsp3) is 0.517. The molecule has 2 aromatic rings. The summed E-state index contributed by atoms with van der Waals surface area (Å²) in [4.78, 5) is 0. The second-order valence-electron chi connectivity index (χ2n) is 11.9. The zero-order valence-electron chi connectivity index (χ0n) is 21.5. The second kappa shape index (κ2) is 10.2. The summed E-state index contributed by atoms with van der Waals surface area (Å²) in [6, 6.07) is 21.8. The Bertz CT molecular complexity index is 1020. The van der Waals surface area contributed by atoms with Gasteiger partial charge in [-0.25, -0.2) is 0 Å². The Morgan fingerprint density at radius 1 is 1.00 bits per heavy atom. The second-order valence-corrected chi connectivity index (χ2v) is 17.8. The van der Waals surface area contributed by atoms with E-state index in [9.17, 15) is 0 Å². The first kappa shape index (κ1) is 25.6. The SMILES string of the molecule is C[C@@H]1CC[C@@H](C(C)(C)c2ccccc2)[C@H](O[C](=[Cr])C2=NN[C@@H]([Si](C)(C)C)[C@@H]2c2ccccc2)C1. The van der Waals surface area contributed by atoms with Gasteiger partial charge in [0.05, 0.1) is 0 Å². The molecule has 1 aliphatic carbocycles. The average Bonchev–Trinajstić information content (AvgIpc) is 3.26. The van der Waals surface area contributed by atoms with Crippen LogP contribution in [0.1, 0.15) is 57.1 Å². The first-order valence-corrected chi connectivity index (χ1v) is 16.9. The minimum absolute atomic E-state index is 0.0434. The molecule has 1 heterocycles. The number of nitrogens with zero attached hydrogens (tertiary/aromatic N) is 1. The van der Waals surface area contributed by atoms with Crippen molar-refractivity contribution in [3.8, 4) is 0 Å². The van der Waals surface area contributed by atoms with Crippen molar-refractivity contribution in [2.45, 2.75) is 82.8 Å². The van der Waals surface area contributed by atoms with Crippen molar-refractivity contribution in [2.75, 3.05) is 0 Å². The molecule has 0 radical (unpaired) electrons. The quantitative estimate of drug-likeness (QED) is 0.433. The number of rotatable bonds is 7. The molecule has 0 unspecified atom stereocenters. The molecule has 0 aromatic heterocycles. The van der Waals surface area contributed by atoms with Gasteiger partial charge in [-0.15, -0.1) is 0 Å². The molecule has 5 atom stereocenters. The normalized spacial score (nSPS) is 27.7. The van der Waals surface area contributed by atoms with Crippen LogP contribution < -0.4 is 5.43 Å². The van der Waals surface area contributed by atoms with Gasteiger partial charge in [0.25, 0.3) is 0 Å². The predicted octanol–water partition coefficient (Wildman–Crippen LogP) is 6.45. The van der Waals surface area contributed by atoms with Gasteiger partial charge in [-0.2, -0.15) is 0 Å². The van der Waals surface area contributed by atoms with E-state index < -0.39 is 8.07 Å². The van der Waals surface area contributed by atoms with Gasteiger partial charge in [0.15, 0.2) is 0 Å². The zero-order valence-corrected chi connectivity index (χ0v) is 23.8. The Morgan fingerprint density at radius 3 is 2.24 bits per heavy atom. The van der Waals surface area contributed by atoms with E-state index in [0.29, 0.717) is 17.5 Å². The van der Waals surface area contributed by atoms with Gasteiger partial charge in [-0.05, 0) is 0 Å². The van der Waals surface area contributed by atoms with Crippen LogP contribution in [0, 0.1) is 11.8 Å². The molecular weight excluding hydrogens is 472 g/mol. The molecule has 0 amide bonds. The van der Waals surface area contributed by atoms with Crippen LogP contribution in [0.5, 0.6) is 0 Å². The number of benzene rings is 2. The van der Waals surface area contributed by atoms with Gasteiger partial charge < -0.3 is 0 Å². The molecule has 4 rings (SSSR count). The molecule has 1 fully saturated rings. The van der Waals surface area contributed by atoms with Gasteiger partial charge in [0.2, 0.25) is 0 Å². The Balaban J connectivity index is 1.60. The summed E-state index contributed by atoms with van der Waals surface area (Å²) < 4.78 is 7.76. The van der Waals surface area contributed by atoms with Crippen molar-refractivity contribution in [1.29, 1.82) is 0 Å².